The molecule has 0 radical (unpaired) electrons. The highest BCUT2D eigenvalue weighted by molar-refractivity contribution is 9.10. The van der Waals surface area contributed by atoms with Crippen molar-refractivity contribution < 1.29 is 23.8 Å². The molecule has 1 aromatic rings. The van der Waals surface area contributed by atoms with E-state index in [4.69, 9.17) is 9.84 Å². The first-order valence-electron chi connectivity index (χ1n) is 5.04. The number of aliphatic carboxylic acids is 1. The van der Waals surface area contributed by atoms with Gasteiger partial charge in [0.2, 0.25) is 0 Å². The third-order valence-corrected chi connectivity index (χ3v) is 2.76. The van der Waals surface area contributed by atoms with Gasteiger partial charge in [-0.25, -0.2) is 9.18 Å². The van der Waals surface area contributed by atoms with Crippen LogP contribution in [0, 0.1) is 5.82 Å². The molecule has 18 heavy (non-hydrogen) atoms. The summed E-state index contributed by atoms with van der Waals surface area (Å²) in [5.41, 5.74) is 0.174. The first kappa shape index (κ1) is 14.6. The van der Waals surface area contributed by atoms with Crippen LogP contribution in [0.25, 0.3) is 0 Å². The van der Waals surface area contributed by atoms with Gasteiger partial charge in [0.15, 0.2) is 0 Å². The molecule has 98 valence electrons. The van der Waals surface area contributed by atoms with E-state index < -0.39 is 24.3 Å². The highest BCUT2D eigenvalue weighted by atomic mass is 79.9. The number of halogens is 2. The summed E-state index contributed by atoms with van der Waals surface area (Å²) in [6.07, 6.45) is 0. The van der Waals surface area contributed by atoms with Gasteiger partial charge in [-0.1, -0.05) is 6.07 Å². The van der Waals surface area contributed by atoms with E-state index in [0.29, 0.717) is 0 Å². The van der Waals surface area contributed by atoms with Crippen LogP contribution in [-0.2, 0) is 9.53 Å². The fourth-order valence-electron chi connectivity index (χ4n) is 1.17. The Kier molecular flexibility index (Phi) is 5.73. The molecule has 0 bridgehead atoms. The molecular weight excluding hydrogens is 309 g/mol. The highest BCUT2D eigenvalue weighted by Crippen LogP contribution is 2.19. The molecular formula is C11H11BrFNO4. The van der Waals surface area contributed by atoms with E-state index >= 15 is 0 Å². The Hall–Kier alpha value is -1.47. The Balaban J connectivity index is 2.41. The maximum absolute atomic E-state index is 13.2. The molecule has 0 saturated heterocycles. The van der Waals surface area contributed by atoms with Crippen LogP contribution in [0.15, 0.2) is 22.7 Å². The first-order chi connectivity index (χ1) is 8.52. The lowest BCUT2D eigenvalue weighted by atomic mass is 10.2. The molecule has 2 N–H and O–H groups in total. The number of carbonyl (C=O) groups excluding carboxylic acids is 1. The normalized spacial score (nSPS) is 10.1. The van der Waals surface area contributed by atoms with E-state index in [2.05, 4.69) is 21.2 Å². The van der Waals surface area contributed by atoms with Crippen LogP contribution < -0.4 is 5.32 Å². The van der Waals surface area contributed by atoms with Crippen LogP contribution in [0.2, 0.25) is 0 Å². The molecule has 0 spiro atoms. The van der Waals surface area contributed by atoms with Gasteiger partial charge in [0.25, 0.3) is 5.91 Å². The molecule has 0 unspecified atom stereocenters. The Bertz CT molecular complexity index is 453. The molecule has 0 fully saturated rings. The molecule has 1 rings (SSSR count). The van der Waals surface area contributed by atoms with Crippen molar-refractivity contribution in [3.63, 3.8) is 0 Å². The molecule has 0 aliphatic heterocycles. The zero-order chi connectivity index (χ0) is 13.5. The number of benzene rings is 1. The Labute approximate surface area is 111 Å². The van der Waals surface area contributed by atoms with Gasteiger partial charge in [0.1, 0.15) is 12.4 Å². The molecule has 0 aromatic heterocycles. The molecule has 0 aliphatic rings. The van der Waals surface area contributed by atoms with E-state index in [9.17, 15) is 14.0 Å². The van der Waals surface area contributed by atoms with Gasteiger partial charge >= 0.3 is 5.97 Å². The van der Waals surface area contributed by atoms with Gasteiger partial charge in [-0.05, 0) is 28.1 Å². The number of carbonyl (C=O) groups is 2. The molecule has 0 aliphatic carbocycles. The largest absolute Gasteiger partial charge is 0.480 e. The standard InChI is InChI=1S/C11H11BrFNO4/c12-10-7(2-1-3-8(10)13)11(17)14-4-5-18-6-9(15)16/h1-3H,4-6H2,(H,14,17)(H,15,16). The molecule has 0 atom stereocenters. The van der Waals surface area contributed by atoms with E-state index in [-0.39, 0.29) is 23.2 Å². The molecule has 1 aromatic carbocycles. The topological polar surface area (TPSA) is 75.6 Å². The van der Waals surface area contributed by atoms with Crippen LogP contribution >= 0.6 is 15.9 Å². The Morgan fingerprint density at radius 1 is 1.44 bits per heavy atom. The van der Waals surface area contributed by atoms with Crippen LogP contribution in [0.1, 0.15) is 10.4 Å². The third kappa shape index (κ3) is 4.42. The van der Waals surface area contributed by atoms with Crippen LogP contribution in [0.4, 0.5) is 4.39 Å². The number of hydrogen-bond acceptors (Lipinski definition) is 3. The Morgan fingerprint density at radius 3 is 2.83 bits per heavy atom. The third-order valence-electron chi connectivity index (χ3n) is 1.95. The van der Waals surface area contributed by atoms with Crippen molar-refractivity contribution in [1.82, 2.24) is 5.32 Å². The minimum Gasteiger partial charge on any atom is -0.480 e. The van der Waals surface area contributed by atoms with Gasteiger partial charge in [-0.3, -0.25) is 4.79 Å². The summed E-state index contributed by atoms with van der Waals surface area (Å²) in [6.45, 7) is -0.195. The van der Waals surface area contributed by atoms with Crippen molar-refractivity contribution in [3.05, 3.63) is 34.1 Å². The van der Waals surface area contributed by atoms with Crippen LogP contribution in [-0.4, -0.2) is 36.7 Å². The van der Waals surface area contributed by atoms with Gasteiger partial charge in [-0.2, -0.15) is 0 Å². The van der Waals surface area contributed by atoms with Crippen molar-refractivity contribution >= 4 is 27.8 Å². The van der Waals surface area contributed by atoms with Crippen molar-refractivity contribution in [2.75, 3.05) is 19.8 Å². The summed E-state index contributed by atoms with van der Waals surface area (Å²) < 4.78 is 18.0. The van der Waals surface area contributed by atoms with Gasteiger partial charge in [0, 0.05) is 6.54 Å². The predicted molar refractivity (Wildman–Crippen MR) is 64.9 cm³/mol. The minimum absolute atomic E-state index is 0.0744. The number of amides is 1. The summed E-state index contributed by atoms with van der Waals surface area (Å²) in [4.78, 5) is 21.8. The van der Waals surface area contributed by atoms with Crippen molar-refractivity contribution in [2.24, 2.45) is 0 Å². The monoisotopic (exact) mass is 319 g/mol. The number of carboxylic acid groups (broad SMARTS) is 1. The first-order valence-corrected chi connectivity index (χ1v) is 5.83. The van der Waals surface area contributed by atoms with Crippen molar-refractivity contribution in [2.45, 2.75) is 0 Å². The van der Waals surface area contributed by atoms with Crippen LogP contribution in [0.3, 0.4) is 0 Å². The average molecular weight is 320 g/mol. The van der Waals surface area contributed by atoms with E-state index in [1.54, 1.807) is 0 Å². The fraction of sp³-hybridized carbons (Fsp3) is 0.273. The smallest absolute Gasteiger partial charge is 0.329 e. The number of carboxylic acids is 1. The SMILES string of the molecule is O=C(O)COCCNC(=O)c1cccc(F)c1Br. The molecule has 0 saturated carbocycles. The fourth-order valence-corrected chi connectivity index (χ4v) is 1.61. The van der Waals surface area contributed by atoms with Gasteiger partial charge in [-0.15, -0.1) is 0 Å². The summed E-state index contributed by atoms with van der Waals surface area (Å²) in [5.74, 6) is -2.06. The maximum Gasteiger partial charge on any atom is 0.329 e. The zero-order valence-corrected chi connectivity index (χ0v) is 10.9. The molecule has 0 heterocycles. The van der Waals surface area contributed by atoms with E-state index in [1.807, 2.05) is 0 Å². The number of nitrogens with one attached hydrogen (secondary N) is 1. The molecule has 1 amide bonds. The lowest BCUT2D eigenvalue weighted by Gasteiger charge is -2.07. The predicted octanol–water partition coefficient (Wildman–Crippen LogP) is 1.42. The van der Waals surface area contributed by atoms with Crippen molar-refractivity contribution in [1.29, 1.82) is 0 Å². The lowest BCUT2D eigenvalue weighted by molar-refractivity contribution is -0.142. The second kappa shape index (κ2) is 7.07. The van der Waals surface area contributed by atoms with Crippen LogP contribution in [0.5, 0.6) is 0 Å². The average Bonchev–Trinajstić information content (AvgIpc) is 2.31. The Morgan fingerprint density at radius 2 is 2.17 bits per heavy atom. The number of ether oxygens (including phenoxy) is 1. The van der Waals surface area contributed by atoms with Gasteiger partial charge in [0.05, 0.1) is 16.6 Å². The summed E-state index contributed by atoms with van der Waals surface area (Å²) in [7, 11) is 0. The second-order valence-electron chi connectivity index (χ2n) is 3.30. The quantitative estimate of drug-likeness (QED) is 0.777. The summed E-state index contributed by atoms with van der Waals surface area (Å²) in [5, 5.41) is 10.8. The molecule has 7 heteroatoms. The van der Waals surface area contributed by atoms with E-state index in [0.717, 1.165) is 0 Å². The summed E-state index contributed by atoms with van der Waals surface area (Å²) >= 11 is 2.98. The molecule has 5 nitrogen and oxygen atoms in total. The number of hydrogen-bond donors (Lipinski definition) is 2. The minimum atomic E-state index is -1.07. The summed E-state index contributed by atoms with van der Waals surface area (Å²) in [6, 6.07) is 4.13. The van der Waals surface area contributed by atoms with Gasteiger partial charge < -0.3 is 15.2 Å². The van der Waals surface area contributed by atoms with E-state index in [1.165, 1.54) is 18.2 Å². The lowest BCUT2D eigenvalue weighted by Crippen LogP contribution is -2.28. The highest BCUT2D eigenvalue weighted by Gasteiger charge is 2.12. The number of rotatable bonds is 6. The second-order valence-corrected chi connectivity index (χ2v) is 4.10. The van der Waals surface area contributed by atoms with Crippen molar-refractivity contribution in [3.8, 4) is 0 Å². The zero-order valence-electron chi connectivity index (χ0n) is 9.28. The maximum atomic E-state index is 13.2.